The molecular weight excluding hydrogens is 232 g/mol. The topological polar surface area (TPSA) is 75.2 Å². The van der Waals surface area contributed by atoms with E-state index in [-0.39, 0.29) is 17.8 Å². The van der Waals surface area contributed by atoms with Crippen molar-refractivity contribution >= 4 is 17.0 Å². The molecule has 1 aromatic heterocycles. The molecule has 5 heteroatoms. The second-order valence-electron chi connectivity index (χ2n) is 4.67. The molecule has 94 valence electrons. The predicted molar refractivity (Wildman–Crippen MR) is 65.6 cm³/mol. The monoisotopic (exact) mass is 246 g/mol. The molecule has 1 aliphatic rings. The molecule has 0 radical (unpaired) electrons. The number of aromatic amines is 1. The number of carbonyl (C=O) groups is 1. The van der Waals surface area contributed by atoms with Gasteiger partial charge in [-0.3, -0.25) is 0 Å². The van der Waals surface area contributed by atoms with Crippen LogP contribution in [0.3, 0.4) is 0 Å². The number of benzene rings is 1. The van der Waals surface area contributed by atoms with Crippen molar-refractivity contribution in [3.8, 4) is 0 Å². The number of carboxylic acids is 1. The van der Waals surface area contributed by atoms with Crippen LogP contribution in [-0.4, -0.2) is 27.1 Å². The van der Waals surface area contributed by atoms with Crippen LogP contribution in [0.15, 0.2) is 18.2 Å². The number of ether oxygens (including phenoxy) is 1. The van der Waals surface area contributed by atoms with Crippen molar-refractivity contribution in [1.82, 2.24) is 9.97 Å². The van der Waals surface area contributed by atoms with E-state index in [1.165, 1.54) is 0 Å². The highest BCUT2D eigenvalue weighted by Gasteiger charge is 2.25. The van der Waals surface area contributed by atoms with Gasteiger partial charge in [0.1, 0.15) is 11.9 Å². The Labute approximate surface area is 104 Å². The van der Waals surface area contributed by atoms with Crippen LogP contribution in [-0.2, 0) is 4.74 Å². The predicted octanol–water partition coefficient (Wildman–Crippen LogP) is 2.50. The number of imidazole rings is 1. The molecule has 1 saturated heterocycles. The summed E-state index contributed by atoms with van der Waals surface area (Å²) in [6.45, 7) is 2.05. The quantitative estimate of drug-likeness (QED) is 0.853. The summed E-state index contributed by atoms with van der Waals surface area (Å²) in [5, 5.41) is 8.94. The summed E-state index contributed by atoms with van der Waals surface area (Å²) in [6, 6.07) is 4.89. The molecule has 0 amide bonds. The second kappa shape index (κ2) is 4.10. The molecule has 1 aromatic carbocycles. The van der Waals surface area contributed by atoms with Gasteiger partial charge in [0, 0.05) is 0 Å². The van der Waals surface area contributed by atoms with Crippen molar-refractivity contribution in [2.45, 2.75) is 32.0 Å². The highest BCUT2D eigenvalue weighted by atomic mass is 16.5. The average molecular weight is 246 g/mol. The van der Waals surface area contributed by atoms with Gasteiger partial charge in [0.2, 0.25) is 0 Å². The van der Waals surface area contributed by atoms with E-state index in [4.69, 9.17) is 9.84 Å². The molecule has 3 rings (SSSR count). The zero-order valence-electron chi connectivity index (χ0n) is 10.0. The van der Waals surface area contributed by atoms with Crippen LogP contribution in [0, 0.1) is 0 Å². The van der Waals surface area contributed by atoms with Gasteiger partial charge in [-0.2, -0.15) is 0 Å². The largest absolute Gasteiger partial charge is 0.478 e. The van der Waals surface area contributed by atoms with E-state index < -0.39 is 5.97 Å². The smallest absolute Gasteiger partial charge is 0.335 e. The van der Waals surface area contributed by atoms with Gasteiger partial charge in [0.25, 0.3) is 0 Å². The maximum Gasteiger partial charge on any atom is 0.335 e. The molecule has 0 saturated carbocycles. The molecule has 5 nitrogen and oxygen atoms in total. The van der Waals surface area contributed by atoms with Gasteiger partial charge in [-0.15, -0.1) is 0 Å². The summed E-state index contributed by atoms with van der Waals surface area (Å²) in [6.07, 6.45) is 2.24. The van der Waals surface area contributed by atoms with Crippen LogP contribution in [0.2, 0.25) is 0 Å². The lowest BCUT2D eigenvalue weighted by atomic mass is 10.2. The SMILES string of the molecule is CC1CCC(c2nc3ccc(C(=O)O)cc3[nH]2)O1. The van der Waals surface area contributed by atoms with E-state index in [0.717, 1.165) is 29.7 Å². The van der Waals surface area contributed by atoms with E-state index in [9.17, 15) is 4.79 Å². The highest BCUT2D eigenvalue weighted by molar-refractivity contribution is 5.92. The molecule has 0 spiro atoms. The maximum absolute atomic E-state index is 10.9. The van der Waals surface area contributed by atoms with Crippen molar-refractivity contribution < 1.29 is 14.6 Å². The Morgan fingerprint density at radius 1 is 1.50 bits per heavy atom. The lowest BCUT2D eigenvalue weighted by Crippen LogP contribution is -2.02. The van der Waals surface area contributed by atoms with E-state index in [0.29, 0.717) is 0 Å². The fourth-order valence-corrected chi connectivity index (χ4v) is 2.32. The van der Waals surface area contributed by atoms with Crippen LogP contribution in [0.25, 0.3) is 11.0 Å². The summed E-state index contributed by atoms with van der Waals surface area (Å²) in [7, 11) is 0. The highest BCUT2D eigenvalue weighted by Crippen LogP contribution is 2.31. The molecular formula is C13H14N2O3. The summed E-state index contributed by atoms with van der Waals surface area (Å²) >= 11 is 0. The lowest BCUT2D eigenvalue weighted by molar-refractivity contribution is 0.0510. The molecule has 2 unspecified atom stereocenters. The van der Waals surface area contributed by atoms with Crippen molar-refractivity contribution in [2.24, 2.45) is 0 Å². The first kappa shape index (κ1) is 11.2. The number of hydrogen-bond acceptors (Lipinski definition) is 3. The number of aromatic carboxylic acids is 1. The number of nitrogens with zero attached hydrogens (tertiary/aromatic N) is 1. The van der Waals surface area contributed by atoms with Crippen LogP contribution in [0.1, 0.15) is 42.1 Å². The minimum Gasteiger partial charge on any atom is -0.478 e. The van der Waals surface area contributed by atoms with E-state index in [1.54, 1.807) is 18.2 Å². The Bertz CT molecular complexity index is 605. The molecule has 0 bridgehead atoms. The van der Waals surface area contributed by atoms with Crippen LogP contribution < -0.4 is 0 Å². The number of aromatic nitrogens is 2. The van der Waals surface area contributed by atoms with Gasteiger partial charge in [-0.1, -0.05) is 0 Å². The number of carboxylic acid groups (broad SMARTS) is 1. The first-order chi connectivity index (χ1) is 8.63. The Morgan fingerprint density at radius 2 is 2.33 bits per heavy atom. The normalized spacial score (nSPS) is 23.6. The molecule has 2 N–H and O–H groups in total. The fraction of sp³-hybridized carbons (Fsp3) is 0.385. The van der Waals surface area contributed by atoms with Gasteiger partial charge in [0.05, 0.1) is 22.7 Å². The minimum absolute atomic E-state index is 0.000628. The number of hydrogen-bond donors (Lipinski definition) is 2. The number of nitrogens with one attached hydrogen (secondary N) is 1. The molecule has 0 aliphatic carbocycles. The third kappa shape index (κ3) is 1.86. The van der Waals surface area contributed by atoms with Crippen molar-refractivity contribution in [3.05, 3.63) is 29.6 Å². The molecule has 2 heterocycles. The average Bonchev–Trinajstić information content (AvgIpc) is 2.93. The van der Waals surface area contributed by atoms with Gasteiger partial charge in [0.15, 0.2) is 0 Å². The second-order valence-corrected chi connectivity index (χ2v) is 4.67. The Hall–Kier alpha value is -1.88. The first-order valence-electron chi connectivity index (χ1n) is 6.02. The zero-order valence-corrected chi connectivity index (χ0v) is 10.0. The first-order valence-corrected chi connectivity index (χ1v) is 6.02. The van der Waals surface area contributed by atoms with Crippen LogP contribution in [0.4, 0.5) is 0 Å². The van der Waals surface area contributed by atoms with Crippen molar-refractivity contribution in [1.29, 1.82) is 0 Å². The summed E-state index contributed by atoms with van der Waals surface area (Å²) in [5.74, 6) is -0.143. The van der Waals surface area contributed by atoms with Crippen molar-refractivity contribution in [2.75, 3.05) is 0 Å². The molecule has 1 fully saturated rings. The third-order valence-electron chi connectivity index (χ3n) is 3.28. The standard InChI is InChI=1S/C13H14N2O3/c1-7-2-5-11(18-7)12-14-9-4-3-8(13(16)17)6-10(9)15-12/h3-4,6-7,11H,2,5H2,1H3,(H,14,15)(H,16,17). The third-order valence-corrected chi connectivity index (χ3v) is 3.28. The Balaban J connectivity index is 1.98. The summed E-state index contributed by atoms with van der Waals surface area (Å²) in [5.41, 5.74) is 1.78. The molecule has 1 aliphatic heterocycles. The molecule has 2 atom stereocenters. The van der Waals surface area contributed by atoms with E-state index in [2.05, 4.69) is 9.97 Å². The molecule has 2 aromatic rings. The number of H-pyrrole nitrogens is 1. The number of rotatable bonds is 2. The Kier molecular flexibility index (Phi) is 2.56. The van der Waals surface area contributed by atoms with Crippen molar-refractivity contribution in [3.63, 3.8) is 0 Å². The van der Waals surface area contributed by atoms with E-state index >= 15 is 0 Å². The molecule has 18 heavy (non-hydrogen) atoms. The maximum atomic E-state index is 10.9. The zero-order chi connectivity index (χ0) is 12.7. The lowest BCUT2D eigenvalue weighted by Gasteiger charge is -2.06. The van der Waals surface area contributed by atoms with Gasteiger partial charge >= 0.3 is 5.97 Å². The fourth-order valence-electron chi connectivity index (χ4n) is 2.32. The minimum atomic E-state index is -0.932. The Morgan fingerprint density at radius 3 is 3.00 bits per heavy atom. The van der Waals surface area contributed by atoms with Gasteiger partial charge in [-0.25, -0.2) is 9.78 Å². The van der Waals surface area contributed by atoms with Gasteiger partial charge < -0.3 is 14.8 Å². The van der Waals surface area contributed by atoms with Crippen LogP contribution >= 0.6 is 0 Å². The summed E-state index contributed by atoms with van der Waals surface area (Å²) in [4.78, 5) is 18.5. The van der Waals surface area contributed by atoms with Gasteiger partial charge in [-0.05, 0) is 38.0 Å². The van der Waals surface area contributed by atoms with Crippen LogP contribution in [0.5, 0.6) is 0 Å². The summed E-state index contributed by atoms with van der Waals surface area (Å²) < 4.78 is 5.74. The van der Waals surface area contributed by atoms with E-state index in [1.807, 2.05) is 6.92 Å². The number of fused-ring (bicyclic) bond motifs is 1.